The van der Waals surface area contributed by atoms with Gasteiger partial charge in [-0.15, -0.1) is 0 Å². The Bertz CT molecular complexity index is 578. The summed E-state index contributed by atoms with van der Waals surface area (Å²) in [5.41, 5.74) is 5.61. The number of hydrogen-bond acceptors (Lipinski definition) is 5. The molecule has 1 aromatic heterocycles. The molecule has 0 aliphatic rings. The molecular formula is C11H9F2N3S2. The Hall–Kier alpha value is -1.34. The number of nitrogens with two attached hydrogens (primary N) is 1. The summed E-state index contributed by atoms with van der Waals surface area (Å²) < 4.78 is 26.5. The van der Waals surface area contributed by atoms with E-state index in [1.807, 2.05) is 6.26 Å². The van der Waals surface area contributed by atoms with E-state index in [9.17, 15) is 8.78 Å². The van der Waals surface area contributed by atoms with Gasteiger partial charge in [0.15, 0.2) is 5.16 Å². The summed E-state index contributed by atoms with van der Waals surface area (Å²) in [6.07, 6.45) is 1.81. The smallest absolute Gasteiger partial charge is 0.190 e. The van der Waals surface area contributed by atoms with E-state index in [1.165, 1.54) is 17.8 Å². The highest BCUT2D eigenvalue weighted by atomic mass is 32.2. The summed E-state index contributed by atoms with van der Waals surface area (Å²) in [7, 11) is 0. The van der Waals surface area contributed by atoms with Crippen LogP contribution in [0, 0.1) is 11.6 Å². The van der Waals surface area contributed by atoms with Gasteiger partial charge in [-0.1, -0.05) is 23.5 Å². The molecule has 2 N–H and O–H groups in total. The van der Waals surface area contributed by atoms with E-state index in [0.717, 1.165) is 30.0 Å². The predicted octanol–water partition coefficient (Wildman–Crippen LogP) is 3.21. The lowest BCUT2D eigenvalue weighted by Gasteiger charge is -2.05. The molecule has 0 bridgehead atoms. The van der Waals surface area contributed by atoms with Crippen LogP contribution >= 0.6 is 23.5 Å². The van der Waals surface area contributed by atoms with Crippen LogP contribution in [0.25, 0.3) is 0 Å². The number of aromatic nitrogens is 2. The van der Waals surface area contributed by atoms with Gasteiger partial charge in [-0.05, 0) is 24.5 Å². The van der Waals surface area contributed by atoms with Gasteiger partial charge in [-0.2, -0.15) is 0 Å². The molecular weight excluding hydrogens is 276 g/mol. The fourth-order valence-corrected chi connectivity index (χ4v) is 2.55. The molecule has 7 heteroatoms. The van der Waals surface area contributed by atoms with E-state index >= 15 is 0 Å². The minimum Gasteiger partial charge on any atom is -0.384 e. The Balaban J connectivity index is 2.33. The average molecular weight is 285 g/mol. The van der Waals surface area contributed by atoms with Gasteiger partial charge in [-0.3, -0.25) is 0 Å². The monoisotopic (exact) mass is 285 g/mol. The van der Waals surface area contributed by atoms with Gasteiger partial charge in [0.2, 0.25) is 0 Å². The molecule has 1 heterocycles. The van der Waals surface area contributed by atoms with Crippen LogP contribution in [-0.4, -0.2) is 16.2 Å². The summed E-state index contributed by atoms with van der Waals surface area (Å²) in [4.78, 5) is 8.31. The highest BCUT2D eigenvalue weighted by Crippen LogP contribution is 2.30. The zero-order valence-corrected chi connectivity index (χ0v) is 11.0. The molecule has 0 radical (unpaired) electrons. The third-order valence-corrected chi connectivity index (χ3v) is 3.49. The van der Waals surface area contributed by atoms with Crippen LogP contribution in [-0.2, 0) is 0 Å². The summed E-state index contributed by atoms with van der Waals surface area (Å²) in [6, 6.07) is 4.80. The van der Waals surface area contributed by atoms with Crippen molar-refractivity contribution < 1.29 is 8.78 Å². The van der Waals surface area contributed by atoms with Crippen LogP contribution in [0.5, 0.6) is 0 Å². The molecule has 0 aliphatic carbocycles. The Morgan fingerprint density at radius 3 is 2.67 bits per heavy atom. The third-order valence-electron chi connectivity index (χ3n) is 1.99. The van der Waals surface area contributed by atoms with E-state index in [-0.39, 0.29) is 4.90 Å². The lowest BCUT2D eigenvalue weighted by atomic mass is 10.3. The highest BCUT2D eigenvalue weighted by Gasteiger charge is 2.09. The van der Waals surface area contributed by atoms with E-state index in [1.54, 1.807) is 0 Å². The summed E-state index contributed by atoms with van der Waals surface area (Å²) >= 11 is 2.34. The number of nitrogen functional groups attached to an aromatic ring is 1. The maximum atomic E-state index is 13.5. The largest absolute Gasteiger partial charge is 0.384 e. The highest BCUT2D eigenvalue weighted by molar-refractivity contribution is 7.99. The molecule has 18 heavy (non-hydrogen) atoms. The van der Waals surface area contributed by atoms with Crippen molar-refractivity contribution in [1.82, 2.24) is 9.97 Å². The number of hydrogen-bond donors (Lipinski definition) is 1. The Morgan fingerprint density at radius 1 is 1.17 bits per heavy atom. The molecule has 0 aliphatic heterocycles. The number of benzene rings is 1. The van der Waals surface area contributed by atoms with Crippen molar-refractivity contribution in [2.45, 2.75) is 15.1 Å². The molecule has 2 rings (SSSR count). The first-order chi connectivity index (χ1) is 8.58. The van der Waals surface area contributed by atoms with Crippen molar-refractivity contribution in [2.24, 2.45) is 0 Å². The molecule has 0 saturated carbocycles. The van der Waals surface area contributed by atoms with Gasteiger partial charge in [0.25, 0.3) is 0 Å². The Labute approximate surface area is 111 Å². The van der Waals surface area contributed by atoms with Crippen molar-refractivity contribution in [1.29, 1.82) is 0 Å². The van der Waals surface area contributed by atoms with Crippen LogP contribution in [0.3, 0.4) is 0 Å². The second-order valence-electron chi connectivity index (χ2n) is 3.29. The SMILES string of the molecule is CSc1nc(N)cc(Sc2cc(F)ccc2F)n1. The molecule has 0 atom stereocenters. The van der Waals surface area contributed by atoms with Crippen LogP contribution < -0.4 is 5.73 Å². The van der Waals surface area contributed by atoms with Gasteiger partial charge in [0.1, 0.15) is 22.5 Å². The van der Waals surface area contributed by atoms with E-state index < -0.39 is 11.6 Å². The third kappa shape index (κ3) is 3.11. The van der Waals surface area contributed by atoms with Gasteiger partial charge >= 0.3 is 0 Å². The lowest BCUT2D eigenvalue weighted by Crippen LogP contribution is -1.96. The number of rotatable bonds is 3. The maximum Gasteiger partial charge on any atom is 0.190 e. The molecule has 0 amide bonds. The van der Waals surface area contributed by atoms with Crippen molar-refractivity contribution >= 4 is 29.3 Å². The number of nitrogens with zero attached hydrogens (tertiary/aromatic N) is 2. The van der Waals surface area contributed by atoms with Crippen molar-refractivity contribution in [3.05, 3.63) is 35.9 Å². The van der Waals surface area contributed by atoms with Crippen LogP contribution in [0.1, 0.15) is 0 Å². The summed E-state index contributed by atoms with van der Waals surface area (Å²) in [5.74, 6) is -0.691. The van der Waals surface area contributed by atoms with Crippen LogP contribution in [0.4, 0.5) is 14.6 Å². The fourth-order valence-electron chi connectivity index (χ4n) is 1.23. The summed E-state index contributed by atoms with van der Waals surface area (Å²) in [6.45, 7) is 0. The average Bonchev–Trinajstić information content (AvgIpc) is 2.33. The second kappa shape index (κ2) is 5.53. The van der Waals surface area contributed by atoms with Crippen LogP contribution in [0.15, 0.2) is 39.3 Å². The summed E-state index contributed by atoms with van der Waals surface area (Å²) in [5, 5.41) is 0.977. The minimum atomic E-state index is -0.496. The quantitative estimate of drug-likeness (QED) is 0.533. The van der Waals surface area contributed by atoms with Crippen molar-refractivity contribution in [3.8, 4) is 0 Å². The standard InChI is InChI=1S/C11H9F2N3S2/c1-17-11-15-9(14)5-10(16-11)18-8-4-6(12)2-3-7(8)13/h2-5H,1H3,(H2,14,15,16). The zero-order valence-electron chi connectivity index (χ0n) is 9.35. The van der Waals surface area contributed by atoms with Gasteiger partial charge in [0.05, 0.1) is 4.90 Å². The minimum absolute atomic E-state index is 0.167. The molecule has 2 aromatic rings. The first-order valence-electron chi connectivity index (χ1n) is 4.90. The van der Waals surface area contributed by atoms with E-state index in [2.05, 4.69) is 9.97 Å². The van der Waals surface area contributed by atoms with E-state index in [4.69, 9.17) is 5.73 Å². The number of thioether (sulfide) groups is 1. The molecule has 1 aromatic carbocycles. The van der Waals surface area contributed by atoms with Gasteiger partial charge in [-0.25, -0.2) is 18.7 Å². The normalized spacial score (nSPS) is 10.6. The molecule has 0 saturated heterocycles. The molecule has 0 unspecified atom stereocenters. The molecule has 94 valence electrons. The van der Waals surface area contributed by atoms with Crippen molar-refractivity contribution in [2.75, 3.05) is 12.0 Å². The van der Waals surface area contributed by atoms with E-state index in [0.29, 0.717) is 16.0 Å². The Morgan fingerprint density at radius 2 is 1.94 bits per heavy atom. The first kappa shape index (κ1) is 13.1. The molecule has 0 spiro atoms. The lowest BCUT2D eigenvalue weighted by molar-refractivity contribution is 0.577. The predicted molar refractivity (Wildman–Crippen MR) is 68.7 cm³/mol. The van der Waals surface area contributed by atoms with Gasteiger partial charge < -0.3 is 5.73 Å². The second-order valence-corrected chi connectivity index (χ2v) is 5.13. The topological polar surface area (TPSA) is 51.8 Å². The maximum absolute atomic E-state index is 13.5. The van der Waals surface area contributed by atoms with Crippen LogP contribution in [0.2, 0.25) is 0 Å². The fraction of sp³-hybridized carbons (Fsp3) is 0.0909. The molecule has 0 fully saturated rings. The zero-order chi connectivity index (χ0) is 13.1. The number of halogens is 2. The number of anilines is 1. The van der Waals surface area contributed by atoms with Gasteiger partial charge in [0, 0.05) is 6.07 Å². The Kier molecular flexibility index (Phi) is 4.03. The molecule has 3 nitrogen and oxygen atoms in total. The first-order valence-corrected chi connectivity index (χ1v) is 6.94. The van der Waals surface area contributed by atoms with Crippen molar-refractivity contribution in [3.63, 3.8) is 0 Å².